The molecule has 0 N–H and O–H groups in total. The van der Waals surface area contributed by atoms with Crippen molar-refractivity contribution in [2.75, 3.05) is 0 Å². The van der Waals surface area contributed by atoms with Gasteiger partial charge in [0.1, 0.15) is 0 Å². The van der Waals surface area contributed by atoms with Crippen molar-refractivity contribution in [2.45, 2.75) is 33.6 Å². The van der Waals surface area contributed by atoms with Crippen LogP contribution in [0, 0.1) is 12.3 Å². The van der Waals surface area contributed by atoms with Gasteiger partial charge >= 0.3 is 0 Å². The van der Waals surface area contributed by atoms with Crippen LogP contribution < -0.4 is 0 Å². The van der Waals surface area contributed by atoms with Crippen LogP contribution in [0.3, 0.4) is 0 Å². The second-order valence-corrected chi connectivity index (χ2v) is 4.83. The summed E-state index contributed by atoms with van der Waals surface area (Å²) in [4.78, 5) is 0. The Morgan fingerprint density at radius 3 is 2.58 bits per heavy atom. The van der Waals surface area contributed by atoms with E-state index in [2.05, 4.69) is 38.5 Å². The van der Waals surface area contributed by atoms with Gasteiger partial charge in [-0.05, 0) is 36.8 Å². The largest absolute Gasteiger partial charge is 0.352 e. The summed E-state index contributed by atoms with van der Waals surface area (Å²) in [7, 11) is 2.18. The van der Waals surface area contributed by atoms with Crippen LogP contribution in [0.25, 0.3) is 0 Å². The van der Waals surface area contributed by atoms with E-state index in [1.165, 1.54) is 18.5 Å². The van der Waals surface area contributed by atoms with Crippen molar-refractivity contribution in [2.24, 2.45) is 12.5 Å². The van der Waals surface area contributed by atoms with Crippen LogP contribution in [0.4, 0.5) is 0 Å². The molecule has 0 spiro atoms. The molecule has 0 radical (unpaired) electrons. The molecule has 0 unspecified atom stereocenters. The van der Waals surface area contributed by atoms with Crippen molar-refractivity contribution in [1.82, 2.24) is 4.57 Å². The Kier molecular flexibility index (Phi) is 1.42. The summed E-state index contributed by atoms with van der Waals surface area (Å²) in [5.41, 5.74) is 5.02. The lowest BCUT2D eigenvalue weighted by Gasteiger charge is -2.16. The summed E-state index contributed by atoms with van der Waals surface area (Å²) < 4.78 is 2.34. The predicted octanol–water partition coefficient (Wildman–Crippen LogP) is 2.46. The maximum atomic E-state index is 2.35. The first kappa shape index (κ1) is 7.90. The van der Waals surface area contributed by atoms with Gasteiger partial charge in [0.15, 0.2) is 0 Å². The maximum Gasteiger partial charge on any atom is 0.0212 e. The lowest BCUT2D eigenvalue weighted by atomic mass is 9.90. The van der Waals surface area contributed by atoms with Gasteiger partial charge in [-0.15, -0.1) is 0 Å². The van der Waals surface area contributed by atoms with Crippen LogP contribution >= 0.6 is 0 Å². The standard InChI is InChI=1S/C11H17N/c1-8-5-9-6-11(2,3)7-10(9)12(8)4/h5H,6-7H2,1-4H3. The van der Waals surface area contributed by atoms with Crippen LogP contribution in [0.1, 0.15) is 30.8 Å². The van der Waals surface area contributed by atoms with Gasteiger partial charge in [-0.1, -0.05) is 13.8 Å². The molecule has 0 saturated heterocycles. The fourth-order valence-electron chi connectivity index (χ4n) is 2.28. The van der Waals surface area contributed by atoms with Gasteiger partial charge in [-0.25, -0.2) is 0 Å². The van der Waals surface area contributed by atoms with E-state index in [1.807, 2.05) is 0 Å². The summed E-state index contributed by atoms with van der Waals surface area (Å²) in [6.07, 6.45) is 2.50. The number of hydrogen-bond donors (Lipinski definition) is 0. The number of hydrogen-bond acceptors (Lipinski definition) is 0. The van der Waals surface area contributed by atoms with Crippen LogP contribution in [-0.2, 0) is 19.9 Å². The molecular weight excluding hydrogens is 146 g/mol. The molecule has 66 valence electrons. The van der Waals surface area contributed by atoms with Gasteiger partial charge < -0.3 is 4.57 Å². The summed E-state index contributed by atoms with van der Waals surface area (Å²) in [5, 5.41) is 0. The highest BCUT2D eigenvalue weighted by Crippen LogP contribution is 2.37. The van der Waals surface area contributed by atoms with Crippen LogP contribution in [0.5, 0.6) is 0 Å². The van der Waals surface area contributed by atoms with Crippen LogP contribution in [-0.4, -0.2) is 4.57 Å². The Balaban J connectivity index is 2.46. The van der Waals surface area contributed by atoms with Gasteiger partial charge in [0.05, 0.1) is 0 Å². The third-order valence-corrected chi connectivity index (χ3v) is 3.00. The Bertz CT molecular complexity index is 318. The van der Waals surface area contributed by atoms with Crippen molar-refractivity contribution in [3.63, 3.8) is 0 Å². The molecule has 0 aromatic carbocycles. The molecule has 1 aliphatic rings. The summed E-state index contributed by atoms with van der Waals surface area (Å²) >= 11 is 0. The zero-order valence-corrected chi connectivity index (χ0v) is 8.44. The van der Waals surface area contributed by atoms with Crippen molar-refractivity contribution in [3.8, 4) is 0 Å². The fraction of sp³-hybridized carbons (Fsp3) is 0.636. The quantitative estimate of drug-likeness (QED) is 0.553. The van der Waals surface area contributed by atoms with E-state index >= 15 is 0 Å². The van der Waals surface area contributed by atoms with Crippen molar-refractivity contribution in [1.29, 1.82) is 0 Å². The molecule has 0 saturated carbocycles. The zero-order chi connectivity index (χ0) is 8.93. The fourth-order valence-corrected chi connectivity index (χ4v) is 2.28. The summed E-state index contributed by atoms with van der Waals surface area (Å²) in [6, 6.07) is 2.34. The molecule has 1 aliphatic carbocycles. The third kappa shape index (κ3) is 0.996. The average molecular weight is 163 g/mol. The molecule has 0 amide bonds. The first-order valence-corrected chi connectivity index (χ1v) is 4.64. The smallest absolute Gasteiger partial charge is 0.0212 e. The highest BCUT2D eigenvalue weighted by molar-refractivity contribution is 5.33. The molecule has 2 rings (SSSR count). The molecule has 0 fully saturated rings. The zero-order valence-electron chi connectivity index (χ0n) is 8.44. The van der Waals surface area contributed by atoms with E-state index in [0.717, 1.165) is 0 Å². The number of aryl methyl sites for hydroxylation is 1. The second kappa shape index (κ2) is 2.15. The Labute approximate surface area is 74.4 Å². The molecule has 1 aromatic heterocycles. The van der Waals surface area contributed by atoms with Crippen LogP contribution in [0.2, 0.25) is 0 Å². The lowest BCUT2D eigenvalue weighted by molar-refractivity contribution is 0.386. The van der Waals surface area contributed by atoms with Crippen LogP contribution in [0.15, 0.2) is 6.07 Å². The van der Waals surface area contributed by atoms with E-state index in [1.54, 1.807) is 11.3 Å². The minimum atomic E-state index is 0.496. The predicted molar refractivity (Wildman–Crippen MR) is 51.3 cm³/mol. The average Bonchev–Trinajstić information content (AvgIpc) is 2.33. The van der Waals surface area contributed by atoms with Crippen molar-refractivity contribution >= 4 is 0 Å². The Hall–Kier alpha value is -0.720. The van der Waals surface area contributed by atoms with Gasteiger partial charge in [0.25, 0.3) is 0 Å². The monoisotopic (exact) mass is 163 g/mol. The van der Waals surface area contributed by atoms with Gasteiger partial charge in [-0.3, -0.25) is 0 Å². The SMILES string of the molecule is Cc1cc2c(n1C)CC(C)(C)C2. The minimum absolute atomic E-state index is 0.496. The van der Waals surface area contributed by atoms with E-state index in [0.29, 0.717) is 5.41 Å². The molecule has 0 bridgehead atoms. The maximum absolute atomic E-state index is 2.35. The normalized spacial score (nSPS) is 19.7. The van der Waals surface area contributed by atoms with Gasteiger partial charge in [-0.2, -0.15) is 0 Å². The highest BCUT2D eigenvalue weighted by Gasteiger charge is 2.30. The Morgan fingerprint density at radius 1 is 1.33 bits per heavy atom. The van der Waals surface area contributed by atoms with E-state index in [-0.39, 0.29) is 0 Å². The van der Waals surface area contributed by atoms with Gasteiger partial charge in [0.2, 0.25) is 0 Å². The molecule has 0 aliphatic heterocycles. The first-order chi connectivity index (χ1) is 5.49. The molecule has 1 heterocycles. The van der Waals surface area contributed by atoms with Crippen molar-refractivity contribution in [3.05, 3.63) is 23.0 Å². The summed E-state index contributed by atoms with van der Waals surface area (Å²) in [5.74, 6) is 0. The molecule has 12 heavy (non-hydrogen) atoms. The highest BCUT2D eigenvalue weighted by atomic mass is 15.0. The van der Waals surface area contributed by atoms with E-state index in [9.17, 15) is 0 Å². The molecule has 1 heteroatoms. The van der Waals surface area contributed by atoms with Crippen molar-refractivity contribution < 1.29 is 0 Å². The number of nitrogens with zero attached hydrogens (tertiary/aromatic N) is 1. The number of rotatable bonds is 0. The minimum Gasteiger partial charge on any atom is -0.352 e. The molecule has 1 nitrogen and oxygen atoms in total. The third-order valence-electron chi connectivity index (χ3n) is 3.00. The lowest BCUT2D eigenvalue weighted by Crippen LogP contribution is -2.12. The first-order valence-electron chi connectivity index (χ1n) is 4.64. The topological polar surface area (TPSA) is 4.93 Å². The van der Waals surface area contributed by atoms with E-state index < -0.39 is 0 Å². The summed E-state index contributed by atoms with van der Waals surface area (Å²) in [6.45, 7) is 6.88. The number of aromatic nitrogens is 1. The Morgan fingerprint density at radius 2 is 2.00 bits per heavy atom. The molecule has 0 atom stereocenters. The molecule has 1 aromatic rings. The number of fused-ring (bicyclic) bond motifs is 1. The van der Waals surface area contributed by atoms with E-state index in [4.69, 9.17) is 0 Å². The molecular formula is C11H17N. The van der Waals surface area contributed by atoms with Gasteiger partial charge in [0, 0.05) is 18.4 Å². The second-order valence-electron chi connectivity index (χ2n) is 4.83.